The molecule has 25 heavy (non-hydrogen) atoms. The summed E-state index contributed by atoms with van der Waals surface area (Å²) < 4.78 is 51.1. The monoisotopic (exact) mass is 381 g/mol. The largest absolute Gasteiger partial charge is 0.462 e. The van der Waals surface area contributed by atoms with E-state index in [0.29, 0.717) is 5.56 Å². The van der Waals surface area contributed by atoms with Crippen LogP contribution in [-0.2, 0) is 15.6 Å². The highest BCUT2D eigenvalue weighted by Crippen LogP contribution is 2.32. The molecule has 3 rings (SSSR count). The fourth-order valence-corrected chi connectivity index (χ4v) is 3.49. The number of benzene rings is 2. The Hall–Kier alpha value is -2.59. The molecule has 0 aliphatic carbocycles. The summed E-state index contributed by atoms with van der Waals surface area (Å²) in [5.74, 6) is -1.08. The Morgan fingerprint density at radius 1 is 1.16 bits per heavy atom. The molecule has 10 heteroatoms. The molecule has 1 heterocycles. The van der Waals surface area contributed by atoms with Gasteiger partial charge in [-0.1, -0.05) is 0 Å². The minimum atomic E-state index is -3.08. The van der Waals surface area contributed by atoms with Crippen LogP contribution in [0.1, 0.15) is 17.3 Å². The van der Waals surface area contributed by atoms with Gasteiger partial charge >= 0.3 is 5.97 Å². The van der Waals surface area contributed by atoms with Crippen LogP contribution < -0.4 is 4.31 Å². The molecule has 0 unspecified atom stereocenters. The SMILES string of the molecule is CCOC(=O)c1ccc(N(c2ccc(F)c3nsnc23)[SH](=O)=O)cc1. The normalized spacial score (nSPS) is 11.0. The van der Waals surface area contributed by atoms with Crippen molar-refractivity contribution in [1.82, 2.24) is 8.75 Å². The van der Waals surface area contributed by atoms with Crippen molar-refractivity contribution in [3.8, 4) is 0 Å². The van der Waals surface area contributed by atoms with Gasteiger partial charge in [-0.15, -0.1) is 0 Å². The Balaban J connectivity index is 2.06. The summed E-state index contributed by atoms with van der Waals surface area (Å²) in [4.78, 5) is 11.7. The Bertz CT molecular complexity index is 994. The first-order valence-corrected chi connectivity index (χ1v) is 9.01. The maximum absolute atomic E-state index is 13.8. The molecular formula is C15H12FN3O4S2. The Kier molecular flexibility index (Phi) is 4.91. The van der Waals surface area contributed by atoms with Gasteiger partial charge in [0.05, 0.1) is 35.3 Å². The van der Waals surface area contributed by atoms with Crippen molar-refractivity contribution in [2.45, 2.75) is 6.92 Å². The highest BCUT2D eigenvalue weighted by Gasteiger charge is 2.19. The zero-order valence-electron chi connectivity index (χ0n) is 12.9. The lowest BCUT2D eigenvalue weighted by Gasteiger charge is -2.18. The first kappa shape index (κ1) is 17.2. The molecular weight excluding hydrogens is 369 g/mol. The summed E-state index contributed by atoms with van der Waals surface area (Å²) in [5.41, 5.74) is 0.924. The lowest BCUT2D eigenvalue weighted by atomic mass is 10.2. The molecule has 0 aliphatic heterocycles. The summed E-state index contributed by atoms with van der Waals surface area (Å²) in [6.07, 6.45) is 0. The number of hydrogen-bond donors (Lipinski definition) is 1. The molecule has 0 saturated carbocycles. The summed E-state index contributed by atoms with van der Waals surface area (Å²) in [6.45, 7) is 1.93. The number of carbonyl (C=O) groups excluding carboxylic acids is 1. The van der Waals surface area contributed by atoms with Crippen LogP contribution in [0.15, 0.2) is 36.4 Å². The first-order valence-electron chi connectivity index (χ1n) is 7.15. The maximum atomic E-state index is 13.8. The fourth-order valence-electron chi connectivity index (χ4n) is 2.27. The van der Waals surface area contributed by atoms with Crippen LogP contribution in [0.4, 0.5) is 15.8 Å². The number of thiol groups is 1. The van der Waals surface area contributed by atoms with E-state index in [1.807, 2.05) is 0 Å². The molecule has 0 atom stereocenters. The average molecular weight is 381 g/mol. The van der Waals surface area contributed by atoms with Crippen LogP contribution in [0.3, 0.4) is 0 Å². The van der Waals surface area contributed by atoms with Gasteiger partial charge in [0.1, 0.15) is 11.0 Å². The van der Waals surface area contributed by atoms with Crippen LogP contribution in [0.2, 0.25) is 0 Å². The van der Waals surface area contributed by atoms with E-state index < -0.39 is 22.7 Å². The molecule has 1 aromatic heterocycles. The predicted octanol–water partition coefficient (Wildman–Crippen LogP) is 2.67. The molecule has 0 spiro atoms. The lowest BCUT2D eigenvalue weighted by molar-refractivity contribution is 0.0526. The van der Waals surface area contributed by atoms with Crippen molar-refractivity contribution in [2.24, 2.45) is 0 Å². The summed E-state index contributed by atoms with van der Waals surface area (Å²) in [7, 11) is -3.08. The first-order chi connectivity index (χ1) is 12.0. The third kappa shape index (κ3) is 3.30. The van der Waals surface area contributed by atoms with E-state index in [9.17, 15) is 17.6 Å². The molecule has 0 bridgehead atoms. The Morgan fingerprint density at radius 2 is 1.84 bits per heavy atom. The number of ether oxygens (including phenoxy) is 1. The number of nitrogens with zero attached hydrogens (tertiary/aromatic N) is 3. The van der Waals surface area contributed by atoms with Crippen LogP contribution in [0.5, 0.6) is 0 Å². The standard InChI is InChI=1S/C15H12FN3O4S2/c1-2-23-15(20)9-3-5-10(6-4-9)19(25(21)22)12-8-7-11(16)13-14(12)18-24-17-13/h3-8,25H,2H2,1H3. The number of hydrogen-bond acceptors (Lipinski definition) is 7. The molecule has 130 valence electrons. The number of esters is 1. The minimum Gasteiger partial charge on any atom is -0.462 e. The minimum absolute atomic E-state index is 0.00694. The molecule has 3 aromatic rings. The molecule has 0 fully saturated rings. The van der Waals surface area contributed by atoms with Crippen molar-refractivity contribution in [2.75, 3.05) is 10.9 Å². The highest BCUT2D eigenvalue weighted by atomic mass is 32.2. The van der Waals surface area contributed by atoms with Crippen LogP contribution >= 0.6 is 11.7 Å². The van der Waals surface area contributed by atoms with Crippen molar-refractivity contribution in [1.29, 1.82) is 0 Å². The molecule has 0 N–H and O–H groups in total. The van der Waals surface area contributed by atoms with E-state index in [4.69, 9.17) is 4.74 Å². The van der Waals surface area contributed by atoms with Gasteiger partial charge in [0.15, 0.2) is 5.82 Å². The number of rotatable bonds is 5. The summed E-state index contributed by atoms with van der Waals surface area (Å²) in [6, 6.07) is 8.30. The number of carbonyl (C=O) groups is 1. The Labute approximate surface area is 148 Å². The van der Waals surface area contributed by atoms with Gasteiger partial charge in [-0.3, -0.25) is 0 Å². The molecule has 0 amide bonds. The Morgan fingerprint density at radius 3 is 2.48 bits per heavy atom. The van der Waals surface area contributed by atoms with Crippen LogP contribution in [0.25, 0.3) is 11.0 Å². The zero-order chi connectivity index (χ0) is 18.0. The topological polar surface area (TPSA) is 89.5 Å². The van der Waals surface area contributed by atoms with Gasteiger partial charge in [0.2, 0.25) is 10.9 Å². The second kappa shape index (κ2) is 7.11. The van der Waals surface area contributed by atoms with E-state index in [0.717, 1.165) is 22.1 Å². The molecule has 7 nitrogen and oxygen atoms in total. The van der Waals surface area contributed by atoms with E-state index in [-0.39, 0.29) is 29.0 Å². The summed E-state index contributed by atoms with van der Waals surface area (Å²) in [5, 5.41) is 0. The molecule has 0 saturated heterocycles. The van der Waals surface area contributed by atoms with Crippen molar-refractivity contribution >= 4 is 51.0 Å². The average Bonchev–Trinajstić information content (AvgIpc) is 3.08. The molecule has 2 aromatic carbocycles. The van der Waals surface area contributed by atoms with Crippen molar-refractivity contribution in [3.05, 3.63) is 47.8 Å². The maximum Gasteiger partial charge on any atom is 0.338 e. The van der Waals surface area contributed by atoms with E-state index in [1.165, 1.54) is 30.3 Å². The zero-order valence-corrected chi connectivity index (χ0v) is 14.6. The third-order valence-corrected chi connectivity index (χ3v) is 4.66. The number of aromatic nitrogens is 2. The number of halogens is 1. The van der Waals surface area contributed by atoms with Gasteiger partial charge < -0.3 is 4.74 Å². The van der Waals surface area contributed by atoms with Crippen LogP contribution in [0, 0.1) is 5.82 Å². The van der Waals surface area contributed by atoms with E-state index in [1.54, 1.807) is 6.92 Å². The second-order valence-electron chi connectivity index (χ2n) is 4.84. The van der Waals surface area contributed by atoms with Crippen molar-refractivity contribution in [3.63, 3.8) is 0 Å². The number of anilines is 2. The smallest absolute Gasteiger partial charge is 0.338 e. The quantitative estimate of drug-likeness (QED) is 0.540. The molecule has 0 aliphatic rings. The van der Waals surface area contributed by atoms with Gasteiger partial charge in [0, 0.05) is 0 Å². The van der Waals surface area contributed by atoms with Crippen molar-refractivity contribution < 1.29 is 22.3 Å². The van der Waals surface area contributed by atoms with E-state index >= 15 is 0 Å². The van der Waals surface area contributed by atoms with Crippen LogP contribution in [-0.4, -0.2) is 29.7 Å². The van der Waals surface area contributed by atoms with Gasteiger partial charge in [-0.2, -0.15) is 8.75 Å². The fraction of sp³-hybridized carbons (Fsp3) is 0.133. The van der Waals surface area contributed by atoms with Gasteiger partial charge in [-0.05, 0) is 43.3 Å². The predicted molar refractivity (Wildman–Crippen MR) is 92.2 cm³/mol. The highest BCUT2D eigenvalue weighted by molar-refractivity contribution is 7.74. The van der Waals surface area contributed by atoms with Gasteiger partial charge in [0.25, 0.3) is 0 Å². The molecule has 0 radical (unpaired) electrons. The van der Waals surface area contributed by atoms with Gasteiger partial charge in [-0.25, -0.2) is 21.9 Å². The number of fused-ring (bicyclic) bond motifs is 1. The van der Waals surface area contributed by atoms with E-state index in [2.05, 4.69) is 8.75 Å². The lowest BCUT2D eigenvalue weighted by Crippen LogP contribution is -2.15. The summed E-state index contributed by atoms with van der Waals surface area (Å²) >= 11 is 0.793. The second-order valence-corrected chi connectivity index (χ2v) is 6.25. The third-order valence-electron chi connectivity index (χ3n) is 3.36.